The average Bonchev–Trinajstić information content (AvgIpc) is 2.77. The van der Waals surface area contributed by atoms with Crippen molar-refractivity contribution in [2.45, 2.75) is 27.7 Å². The Morgan fingerprint density at radius 2 is 1.75 bits per heavy atom. The van der Waals surface area contributed by atoms with Gasteiger partial charge in [-0.1, -0.05) is 6.07 Å². The lowest BCUT2D eigenvalue weighted by atomic mass is 9.97. The smallest absolute Gasteiger partial charge is 0.253 e. The largest absolute Gasteiger partial charge is 0.508 e. The monoisotopic (exact) mass is 323 g/mol. The van der Waals surface area contributed by atoms with Crippen LogP contribution >= 0.6 is 0 Å². The van der Waals surface area contributed by atoms with Crippen LogP contribution in [-0.4, -0.2) is 15.4 Å². The number of aromatic nitrogens is 1. The molecule has 0 spiro atoms. The molecule has 3 aromatic rings. The summed E-state index contributed by atoms with van der Waals surface area (Å²) in [7, 11) is 0. The van der Waals surface area contributed by atoms with E-state index in [0.717, 1.165) is 27.8 Å². The number of fused-ring (bicyclic) bond motifs is 1. The highest BCUT2D eigenvalue weighted by Crippen LogP contribution is 2.40. The van der Waals surface area contributed by atoms with Crippen LogP contribution in [-0.2, 0) is 0 Å². The third kappa shape index (κ3) is 2.12. The van der Waals surface area contributed by atoms with E-state index in [1.165, 1.54) is 0 Å². The summed E-state index contributed by atoms with van der Waals surface area (Å²) in [5.74, 6) is -0.371. The lowest BCUT2D eigenvalue weighted by molar-refractivity contribution is 0.100. The van der Waals surface area contributed by atoms with Crippen LogP contribution in [0.15, 0.2) is 24.4 Å². The highest BCUT2D eigenvalue weighted by Gasteiger charge is 2.24. The van der Waals surface area contributed by atoms with E-state index in [1.807, 2.05) is 50.4 Å². The van der Waals surface area contributed by atoms with Gasteiger partial charge in [-0.25, -0.2) is 0 Å². The number of phenolic OH excluding ortho intramolecular Hbond substituents is 1. The van der Waals surface area contributed by atoms with Crippen molar-refractivity contribution < 1.29 is 9.90 Å². The lowest BCUT2D eigenvalue weighted by Crippen LogP contribution is -2.12. The zero-order chi connectivity index (χ0) is 17.8. The maximum atomic E-state index is 12.0. The SMILES string of the molecule is Cc1cc2c(C(N)=O)c(N)c(-c3c(C)ccc(O)c3C)n2cc1C. The number of nitrogens with zero attached hydrogens (tertiary/aromatic N) is 1. The number of hydrogen-bond donors (Lipinski definition) is 3. The molecule has 5 nitrogen and oxygen atoms in total. The Morgan fingerprint density at radius 1 is 1.08 bits per heavy atom. The summed E-state index contributed by atoms with van der Waals surface area (Å²) in [6.07, 6.45) is 1.95. The van der Waals surface area contributed by atoms with Crippen LogP contribution in [0.4, 0.5) is 5.69 Å². The second-order valence-corrected chi connectivity index (χ2v) is 6.30. The second-order valence-electron chi connectivity index (χ2n) is 6.30. The molecule has 0 fully saturated rings. The van der Waals surface area contributed by atoms with E-state index in [0.29, 0.717) is 22.5 Å². The van der Waals surface area contributed by atoms with Crippen LogP contribution in [0.25, 0.3) is 16.8 Å². The van der Waals surface area contributed by atoms with Crippen molar-refractivity contribution in [3.63, 3.8) is 0 Å². The van der Waals surface area contributed by atoms with Crippen molar-refractivity contribution in [3.05, 3.63) is 52.2 Å². The molecule has 2 aromatic heterocycles. The van der Waals surface area contributed by atoms with E-state index >= 15 is 0 Å². The number of nitrogens with two attached hydrogens (primary N) is 2. The first-order chi connectivity index (χ1) is 11.2. The number of nitrogen functional groups attached to an aromatic ring is 1. The number of anilines is 1. The molecule has 0 radical (unpaired) electrons. The number of rotatable bonds is 2. The van der Waals surface area contributed by atoms with Crippen molar-refractivity contribution in [3.8, 4) is 17.0 Å². The Hall–Kier alpha value is -2.95. The highest BCUT2D eigenvalue weighted by atomic mass is 16.3. The van der Waals surface area contributed by atoms with Gasteiger partial charge in [-0.3, -0.25) is 4.79 Å². The molecule has 0 aliphatic rings. The van der Waals surface area contributed by atoms with E-state index in [1.54, 1.807) is 6.07 Å². The van der Waals surface area contributed by atoms with Crippen LogP contribution in [0.3, 0.4) is 0 Å². The topological polar surface area (TPSA) is 93.8 Å². The number of carbonyl (C=O) groups is 1. The van der Waals surface area contributed by atoms with Crippen molar-refractivity contribution in [2.75, 3.05) is 5.73 Å². The van der Waals surface area contributed by atoms with Gasteiger partial charge in [0.1, 0.15) is 5.75 Å². The minimum absolute atomic E-state index is 0.189. The summed E-state index contributed by atoms with van der Waals surface area (Å²) in [4.78, 5) is 12.0. The number of carbonyl (C=O) groups excluding carboxylic acids is 1. The van der Waals surface area contributed by atoms with E-state index in [4.69, 9.17) is 11.5 Å². The second kappa shape index (κ2) is 5.30. The van der Waals surface area contributed by atoms with Gasteiger partial charge in [-0.15, -0.1) is 0 Å². The summed E-state index contributed by atoms with van der Waals surface area (Å²) in [6, 6.07) is 5.41. The molecular formula is C19H21N3O2. The number of aromatic hydroxyl groups is 1. The van der Waals surface area contributed by atoms with Gasteiger partial charge >= 0.3 is 0 Å². The Bertz CT molecular complexity index is 1000. The number of aryl methyl sites for hydroxylation is 3. The number of primary amides is 1. The van der Waals surface area contributed by atoms with Crippen molar-refractivity contribution >= 4 is 17.1 Å². The molecule has 0 atom stereocenters. The molecule has 5 heteroatoms. The summed E-state index contributed by atoms with van der Waals surface area (Å²) >= 11 is 0. The van der Waals surface area contributed by atoms with Crippen molar-refractivity contribution in [1.82, 2.24) is 4.40 Å². The van der Waals surface area contributed by atoms with E-state index in [-0.39, 0.29) is 5.75 Å². The van der Waals surface area contributed by atoms with Gasteiger partial charge in [0.2, 0.25) is 0 Å². The Balaban J connectivity index is 2.55. The third-order valence-corrected chi connectivity index (χ3v) is 4.71. The molecule has 24 heavy (non-hydrogen) atoms. The summed E-state index contributed by atoms with van der Waals surface area (Å²) in [6.45, 7) is 7.77. The maximum absolute atomic E-state index is 12.0. The summed E-state index contributed by atoms with van der Waals surface area (Å²) < 4.78 is 1.90. The molecule has 0 aliphatic heterocycles. The molecule has 0 aliphatic carbocycles. The van der Waals surface area contributed by atoms with Gasteiger partial charge in [0.25, 0.3) is 5.91 Å². The normalized spacial score (nSPS) is 11.2. The fourth-order valence-electron chi connectivity index (χ4n) is 3.23. The molecule has 3 rings (SSSR count). The van der Waals surface area contributed by atoms with E-state index < -0.39 is 5.91 Å². The van der Waals surface area contributed by atoms with E-state index in [9.17, 15) is 9.90 Å². The van der Waals surface area contributed by atoms with Crippen LogP contribution in [0.1, 0.15) is 32.6 Å². The fourth-order valence-corrected chi connectivity index (χ4v) is 3.23. The number of pyridine rings is 1. The molecule has 0 unspecified atom stereocenters. The highest BCUT2D eigenvalue weighted by molar-refractivity contribution is 6.09. The molecule has 0 saturated carbocycles. The Morgan fingerprint density at radius 3 is 2.38 bits per heavy atom. The van der Waals surface area contributed by atoms with Gasteiger partial charge in [0.15, 0.2) is 0 Å². The number of hydrogen-bond acceptors (Lipinski definition) is 3. The Kier molecular flexibility index (Phi) is 3.52. The molecular weight excluding hydrogens is 302 g/mol. The quantitative estimate of drug-likeness (QED) is 0.676. The van der Waals surface area contributed by atoms with Crippen LogP contribution in [0.5, 0.6) is 5.75 Å². The average molecular weight is 323 g/mol. The van der Waals surface area contributed by atoms with Gasteiger partial charge in [0, 0.05) is 17.3 Å². The number of amides is 1. The van der Waals surface area contributed by atoms with Crippen LogP contribution in [0, 0.1) is 27.7 Å². The fraction of sp³-hybridized carbons (Fsp3) is 0.211. The third-order valence-electron chi connectivity index (χ3n) is 4.71. The predicted octanol–water partition coefficient (Wildman–Crippen LogP) is 3.23. The molecule has 0 saturated heterocycles. The van der Waals surface area contributed by atoms with Gasteiger partial charge in [-0.05, 0) is 56.5 Å². The predicted molar refractivity (Wildman–Crippen MR) is 96.4 cm³/mol. The molecule has 5 N–H and O–H groups in total. The Labute approximate surface area is 140 Å². The molecule has 1 amide bonds. The maximum Gasteiger partial charge on any atom is 0.253 e. The molecule has 124 valence electrons. The summed E-state index contributed by atoms with van der Waals surface area (Å²) in [5.41, 5.74) is 18.6. The zero-order valence-electron chi connectivity index (χ0n) is 14.3. The first kappa shape index (κ1) is 15.9. The van der Waals surface area contributed by atoms with Crippen molar-refractivity contribution in [1.29, 1.82) is 0 Å². The minimum atomic E-state index is -0.560. The lowest BCUT2D eigenvalue weighted by Gasteiger charge is -2.13. The molecule has 0 bridgehead atoms. The van der Waals surface area contributed by atoms with Gasteiger partial charge in [0.05, 0.1) is 22.5 Å². The minimum Gasteiger partial charge on any atom is -0.508 e. The number of benzene rings is 1. The van der Waals surface area contributed by atoms with Crippen LogP contribution in [0.2, 0.25) is 0 Å². The summed E-state index contributed by atoms with van der Waals surface area (Å²) in [5, 5.41) is 10.1. The van der Waals surface area contributed by atoms with Gasteiger partial charge in [-0.2, -0.15) is 0 Å². The van der Waals surface area contributed by atoms with E-state index in [2.05, 4.69) is 0 Å². The van der Waals surface area contributed by atoms with Crippen molar-refractivity contribution in [2.24, 2.45) is 5.73 Å². The first-order valence-electron chi connectivity index (χ1n) is 7.74. The molecule has 1 aromatic carbocycles. The van der Waals surface area contributed by atoms with Gasteiger partial charge < -0.3 is 21.0 Å². The standard InChI is InChI=1S/C19H21N3O2/c1-9-5-6-14(23)12(4)15(9)18-17(20)16(19(21)24)13-7-10(2)11(3)8-22(13)18/h5-8,23H,20H2,1-4H3,(H2,21,24). The number of phenols is 1. The van der Waals surface area contributed by atoms with Crippen LogP contribution < -0.4 is 11.5 Å². The zero-order valence-corrected chi connectivity index (χ0v) is 14.3. The first-order valence-corrected chi connectivity index (χ1v) is 7.74. The molecule has 2 heterocycles.